The van der Waals surface area contributed by atoms with Crippen LogP contribution in [0, 0.1) is 0 Å². The lowest BCUT2D eigenvalue weighted by molar-refractivity contribution is 0.125. The molecule has 1 aromatic carbocycles. The maximum atomic E-state index is 12.1. The van der Waals surface area contributed by atoms with Gasteiger partial charge in [-0.05, 0) is 18.9 Å². The Morgan fingerprint density at radius 1 is 1.35 bits per heavy atom. The molecular weight excluding hydrogens is 274 g/mol. The molecule has 1 aromatic rings. The van der Waals surface area contributed by atoms with E-state index in [4.69, 9.17) is 10.5 Å². The first-order valence-electron chi connectivity index (χ1n) is 7.16. The van der Waals surface area contributed by atoms with Gasteiger partial charge in [-0.15, -0.1) is 0 Å². The second kappa shape index (κ2) is 7.76. The maximum absolute atomic E-state index is 12.1. The van der Waals surface area contributed by atoms with Gasteiger partial charge in [-0.25, -0.2) is 0 Å². The predicted molar refractivity (Wildman–Crippen MR) is 81.1 cm³/mol. The van der Waals surface area contributed by atoms with Crippen molar-refractivity contribution in [2.45, 2.75) is 43.6 Å². The Morgan fingerprint density at radius 2 is 2.05 bits per heavy atom. The maximum Gasteiger partial charge on any atom is 0.123 e. The Hall–Kier alpha value is -0.910. The van der Waals surface area contributed by atoms with Crippen LogP contribution < -0.4 is 10.5 Å². The molecular formula is C15H23NO3S. The van der Waals surface area contributed by atoms with Gasteiger partial charge in [0.15, 0.2) is 0 Å². The van der Waals surface area contributed by atoms with E-state index < -0.39 is 16.9 Å². The van der Waals surface area contributed by atoms with Gasteiger partial charge in [-0.1, -0.05) is 31.0 Å². The highest BCUT2D eigenvalue weighted by atomic mass is 32.2. The van der Waals surface area contributed by atoms with E-state index in [-0.39, 0.29) is 11.9 Å². The predicted octanol–water partition coefficient (Wildman–Crippen LogP) is 1.58. The second-order valence-corrected chi connectivity index (χ2v) is 6.99. The number of aliphatic hydroxyl groups excluding tert-OH is 1. The first-order chi connectivity index (χ1) is 9.70. The topological polar surface area (TPSA) is 72.6 Å². The molecule has 5 heteroatoms. The van der Waals surface area contributed by atoms with Crippen LogP contribution in [0.2, 0.25) is 0 Å². The highest BCUT2D eigenvalue weighted by molar-refractivity contribution is 7.85. The summed E-state index contributed by atoms with van der Waals surface area (Å²) < 4.78 is 17.7. The minimum absolute atomic E-state index is 0.162. The highest BCUT2D eigenvalue weighted by Gasteiger charge is 2.23. The summed E-state index contributed by atoms with van der Waals surface area (Å²) in [5.74, 6) is 0.996. The van der Waals surface area contributed by atoms with Crippen molar-refractivity contribution in [1.82, 2.24) is 0 Å². The van der Waals surface area contributed by atoms with E-state index >= 15 is 0 Å². The fourth-order valence-electron chi connectivity index (χ4n) is 2.52. The Kier molecular flexibility index (Phi) is 6.01. The average molecular weight is 297 g/mol. The molecule has 3 N–H and O–H groups in total. The molecule has 2 atom stereocenters. The van der Waals surface area contributed by atoms with E-state index in [1.165, 1.54) is 0 Å². The van der Waals surface area contributed by atoms with E-state index in [1.807, 2.05) is 24.3 Å². The molecule has 0 spiro atoms. The van der Waals surface area contributed by atoms with Gasteiger partial charge in [-0.2, -0.15) is 0 Å². The third kappa shape index (κ3) is 4.30. The zero-order chi connectivity index (χ0) is 14.4. The van der Waals surface area contributed by atoms with Gasteiger partial charge in [0, 0.05) is 28.2 Å². The number of hydrogen-bond acceptors (Lipinski definition) is 4. The summed E-state index contributed by atoms with van der Waals surface area (Å²) in [7, 11) is -0.945. The molecule has 20 heavy (non-hydrogen) atoms. The van der Waals surface area contributed by atoms with Crippen molar-refractivity contribution < 1.29 is 14.1 Å². The second-order valence-electron chi connectivity index (χ2n) is 5.23. The summed E-state index contributed by atoms with van der Waals surface area (Å²) in [6.45, 7) is 0.565. The van der Waals surface area contributed by atoms with Crippen LogP contribution in [0.25, 0.3) is 0 Å². The zero-order valence-corrected chi connectivity index (χ0v) is 12.5. The molecule has 0 aromatic heterocycles. The number of benzene rings is 1. The van der Waals surface area contributed by atoms with Gasteiger partial charge < -0.3 is 15.6 Å². The quantitative estimate of drug-likeness (QED) is 0.801. The van der Waals surface area contributed by atoms with Crippen molar-refractivity contribution in [2.75, 3.05) is 12.4 Å². The Labute approximate surface area is 122 Å². The molecule has 1 saturated carbocycles. The number of para-hydroxylation sites is 1. The minimum Gasteiger partial charge on any atom is -0.491 e. The summed E-state index contributed by atoms with van der Waals surface area (Å²) in [6, 6.07) is 7.51. The Morgan fingerprint density at radius 3 is 2.75 bits per heavy atom. The van der Waals surface area contributed by atoms with Crippen LogP contribution in [0.1, 0.15) is 31.2 Å². The molecule has 112 valence electrons. The molecule has 0 radical (unpaired) electrons. The summed E-state index contributed by atoms with van der Waals surface area (Å²) in [5.41, 5.74) is 6.54. The molecule has 0 amide bonds. The van der Waals surface area contributed by atoms with Crippen LogP contribution in [0.3, 0.4) is 0 Å². The van der Waals surface area contributed by atoms with Crippen LogP contribution in [0.5, 0.6) is 5.75 Å². The molecule has 1 aliphatic carbocycles. The molecule has 0 saturated heterocycles. The lowest BCUT2D eigenvalue weighted by Crippen LogP contribution is -2.28. The number of nitrogens with two attached hydrogens (primary N) is 1. The lowest BCUT2D eigenvalue weighted by atomic mass is 10.2. The van der Waals surface area contributed by atoms with Crippen LogP contribution in [0.15, 0.2) is 24.3 Å². The SMILES string of the molecule is NCc1ccccc1OCC(O)CS(=O)C1CCCC1. The first-order valence-corrected chi connectivity index (χ1v) is 8.55. The normalized spacial score (nSPS) is 18.9. The first kappa shape index (κ1) is 15.5. The van der Waals surface area contributed by atoms with Gasteiger partial charge in [0.05, 0.1) is 11.9 Å². The third-order valence-electron chi connectivity index (χ3n) is 3.65. The van der Waals surface area contributed by atoms with E-state index in [2.05, 4.69) is 0 Å². The molecule has 0 bridgehead atoms. The van der Waals surface area contributed by atoms with Crippen molar-refractivity contribution >= 4 is 10.8 Å². The molecule has 0 aliphatic heterocycles. The van der Waals surface area contributed by atoms with E-state index in [0.29, 0.717) is 18.0 Å². The van der Waals surface area contributed by atoms with Crippen LogP contribution in [-0.4, -0.2) is 33.0 Å². The van der Waals surface area contributed by atoms with Crippen molar-refractivity contribution in [2.24, 2.45) is 5.73 Å². The van der Waals surface area contributed by atoms with Crippen molar-refractivity contribution in [3.05, 3.63) is 29.8 Å². The molecule has 2 rings (SSSR count). The number of ether oxygens (including phenoxy) is 1. The molecule has 1 fully saturated rings. The number of hydrogen-bond donors (Lipinski definition) is 2. The van der Waals surface area contributed by atoms with Gasteiger partial charge in [0.1, 0.15) is 12.4 Å². The van der Waals surface area contributed by atoms with Crippen molar-refractivity contribution in [1.29, 1.82) is 0 Å². The standard InChI is InChI=1S/C15H23NO3S/c16-9-12-5-1-4-8-15(12)19-10-13(17)11-20(18)14-6-2-3-7-14/h1,4-5,8,13-14,17H,2-3,6-7,9-11,16H2. The monoisotopic (exact) mass is 297 g/mol. The van der Waals surface area contributed by atoms with Gasteiger partial charge >= 0.3 is 0 Å². The largest absolute Gasteiger partial charge is 0.491 e. The highest BCUT2D eigenvalue weighted by Crippen LogP contribution is 2.23. The fraction of sp³-hybridized carbons (Fsp3) is 0.600. The van der Waals surface area contributed by atoms with E-state index in [0.717, 1.165) is 31.2 Å². The fourth-order valence-corrected chi connectivity index (χ4v) is 4.13. The zero-order valence-electron chi connectivity index (χ0n) is 11.7. The van der Waals surface area contributed by atoms with Crippen LogP contribution in [0.4, 0.5) is 0 Å². The lowest BCUT2D eigenvalue weighted by Gasteiger charge is -2.16. The third-order valence-corrected chi connectivity index (χ3v) is 5.58. The van der Waals surface area contributed by atoms with Gasteiger partial charge in [0.25, 0.3) is 0 Å². The van der Waals surface area contributed by atoms with Crippen molar-refractivity contribution in [3.8, 4) is 5.75 Å². The molecule has 1 aliphatic rings. The van der Waals surface area contributed by atoms with Gasteiger partial charge in [0.2, 0.25) is 0 Å². The number of rotatable bonds is 7. The molecule has 2 unspecified atom stereocenters. The smallest absolute Gasteiger partial charge is 0.123 e. The minimum atomic E-state index is -0.945. The summed E-state index contributed by atoms with van der Waals surface area (Å²) in [4.78, 5) is 0. The van der Waals surface area contributed by atoms with Crippen molar-refractivity contribution in [3.63, 3.8) is 0 Å². The summed E-state index contributed by atoms with van der Waals surface area (Å²) in [5, 5.41) is 10.2. The molecule has 4 nitrogen and oxygen atoms in total. The van der Waals surface area contributed by atoms with E-state index in [1.54, 1.807) is 0 Å². The summed E-state index contributed by atoms with van der Waals surface area (Å²) >= 11 is 0. The van der Waals surface area contributed by atoms with Gasteiger partial charge in [-0.3, -0.25) is 4.21 Å². The summed E-state index contributed by atoms with van der Waals surface area (Å²) in [6.07, 6.45) is 3.67. The van der Waals surface area contributed by atoms with Crippen LogP contribution >= 0.6 is 0 Å². The van der Waals surface area contributed by atoms with E-state index in [9.17, 15) is 9.32 Å². The Balaban J connectivity index is 1.79. The number of aliphatic hydroxyl groups is 1. The van der Waals surface area contributed by atoms with Crippen LogP contribution in [-0.2, 0) is 17.3 Å². The Bertz CT molecular complexity index is 446. The average Bonchev–Trinajstić information content (AvgIpc) is 2.99. The molecule has 0 heterocycles.